The SMILES string of the molecule is Cc1c(C(=O)O)nnn1-c1ccc(Br)cc1C(F)(F)F. The van der Waals surface area contributed by atoms with E-state index in [1.54, 1.807) is 0 Å². The van der Waals surface area contributed by atoms with Crippen molar-refractivity contribution in [3.8, 4) is 5.69 Å². The highest BCUT2D eigenvalue weighted by molar-refractivity contribution is 9.10. The molecule has 0 amide bonds. The van der Waals surface area contributed by atoms with Crippen molar-refractivity contribution in [3.63, 3.8) is 0 Å². The van der Waals surface area contributed by atoms with Gasteiger partial charge in [0.2, 0.25) is 0 Å². The normalized spacial score (nSPS) is 11.7. The van der Waals surface area contributed by atoms with Gasteiger partial charge in [0.1, 0.15) is 0 Å². The van der Waals surface area contributed by atoms with Crippen LogP contribution in [0.25, 0.3) is 5.69 Å². The number of aromatic carboxylic acids is 1. The van der Waals surface area contributed by atoms with Gasteiger partial charge in [0.25, 0.3) is 0 Å². The van der Waals surface area contributed by atoms with Crippen LogP contribution >= 0.6 is 15.9 Å². The maximum absolute atomic E-state index is 13.0. The fourth-order valence-electron chi connectivity index (χ4n) is 1.68. The number of aromatic nitrogens is 3. The van der Waals surface area contributed by atoms with Crippen LogP contribution in [0.1, 0.15) is 21.7 Å². The van der Waals surface area contributed by atoms with Gasteiger partial charge in [0.15, 0.2) is 5.69 Å². The Balaban J connectivity index is 2.68. The minimum absolute atomic E-state index is 0.0188. The molecule has 1 heterocycles. The van der Waals surface area contributed by atoms with E-state index in [0.29, 0.717) is 0 Å². The monoisotopic (exact) mass is 349 g/mol. The van der Waals surface area contributed by atoms with E-state index >= 15 is 0 Å². The first kappa shape index (κ1) is 14.5. The number of carboxylic acid groups (broad SMARTS) is 1. The Hall–Kier alpha value is -1.90. The molecule has 0 bridgehead atoms. The number of hydrogen-bond donors (Lipinski definition) is 1. The zero-order valence-corrected chi connectivity index (χ0v) is 11.5. The van der Waals surface area contributed by atoms with Gasteiger partial charge in [-0.25, -0.2) is 9.48 Å². The minimum atomic E-state index is -4.60. The Morgan fingerprint density at radius 1 is 1.40 bits per heavy atom. The van der Waals surface area contributed by atoms with Crippen LogP contribution in [0.3, 0.4) is 0 Å². The Kier molecular flexibility index (Phi) is 3.55. The second kappa shape index (κ2) is 4.89. The second-order valence-corrected chi connectivity index (χ2v) is 4.82. The molecule has 0 fully saturated rings. The highest BCUT2D eigenvalue weighted by Crippen LogP contribution is 2.35. The molecule has 20 heavy (non-hydrogen) atoms. The standard InChI is InChI=1S/C11H7BrF3N3O2/c1-5-9(10(19)20)16-17-18(5)8-3-2-6(12)4-7(8)11(13,14)15/h2-4H,1H3,(H,19,20). The predicted octanol–water partition coefficient (Wildman–Crippen LogP) is 3.06. The van der Waals surface area contributed by atoms with Gasteiger partial charge in [0.05, 0.1) is 16.9 Å². The third-order valence-electron chi connectivity index (χ3n) is 2.59. The van der Waals surface area contributed by atoms with Gasteiger partial charge in [-0.3, -0.25) is 0 Å². The number of alkyl halides is 3. The molecule has 0 saturated heterocycles. The Morgan fingerprint density at radius 2 is 2.05 bits per heavy atom. The molecule has 0 aliphatic rings. The van der Waals surface area contributed by atoms with Crippen molar-refractivity contribution in [3.05, 3.63) is 39.6 Å². The summed E-state index contributed by atoms with van der Waals surface area (Å²) in [6.07, 6.45) is -4.60. The fourth-order valence-corrected chi connectivity index (χ4v) is 2.04. The van der Waals surface area contributed by atoms with Crippen molar-refractivity contribution < 1.29 is 23.1 Å². The lowest BCUT2D eigenvalue weighted by atomic mass is 10.1. The molecule has 5 nitrogen and oxygen atoms in total. The van der Waals surface area contributed by atoms with E-state index < -0.39 is 17.7 Å². The summed E-state index contributed by atoms with van der Waals surface area (Å²) in [4.78, 5) is 10.9. The van der Waals surface area contributed by atoms with Crippen LogP contribution < -0.4 is 0 Å². The Bertz CT molecular complexity index is 682. The molecule has 0 aliphatic heterocycles. The van der Waals surface area contributed by atoms with E-state index in [2.05, 4.69) is 26.2 Å². The van der Waals surface area contributed by atoms with Crippen molar-refractivity contribution >= 4 is 21.9 Å². The van der Waals surface area contributed by atoms with Crippen molar-refractivity contribution in [1.82, 2.24) is 15.0 Å². The molecule has 106 valence electrons. The number of rotatable bonds is 2. The second-order valence-electron chi connectivity index (χ2n) is 3.90. The third kappa shape index (κ3) is 2.53. The number of carboxylic acids is 1. The molecular formula is C11H7BrF3N3O2. The topological polar surface area (TPSA) is 68.0 Å². The molecular weight excluding hydrogens is 343 g/mol. The highest BCUT2D eigenvalue weighted by Gasteiger charge is 2.35. The number of carbonyl (C=O) groups is 1. The van der Waals surface area contributed by atoms with Gasteiger partial charge in [-0.15, -0.1) is 5.10 Å². The van der Waals surface area contributed by atoms with Crippen LogP contribution in [0, 0.1) is 6.92 Å². The zero-order valence-electron chi connectivity index (χ0n) is 9.94. The van der Waals surface area contributed by atoms with Gasteiger partial charge in [0, 0.05) is 4.47 Å². The number of nitrogens with zero attached hydrogens (tertiary/aromatic N) is 3. The first-order valence-corrected chi connectivity index (χ1v) is 6.04. The summed E-state index contributed by atoms with van der Waals surface area (Å²) >= 11 is 2.97. The summed E-state index contributed by atoms with van der Waals surface area (Å²) in [5.41, 5.74) is -1.58. The average molecular weight is 350 g/mol. The molecule has 0 spiro atoms. The average Bonchev–Trinajstić information content (AvgIpc) is 2.70. The van der Waals surface area contributed by atoms with Gasteiger partial charge < -0.3 is 5.11 Å². The van der Waals surface area contributed by atoms with Crippen molar-refractivity contribution in [2.24, 2.45) is 0 Å². The minimum Gasteiger partial charge on any atom is -0.476 e. The molecule has 0 aliphatic carbocycles. The van der Waals surface area contributed by atoms with E-state index in [1.807, 2.05) is 0 Å². The lowest BCUT2D eigenvalue weighted by molar-refractivity contribution is -0.137. The molecule has 0 atom stereocenters. The van der Waals surface area contributed by atoms with Gasteiger partial charge >= 0.3 is 12.1 Å². The van der Waals surface area contributed by atoms with Gasteiger partial charge in [-0.2, -0.15) is 13.2 Å². The molecule has 0 saturated carbocycles. The Morgan fingerprint density at radius 3 is 2.55 bits per heavy atom. The Labute approximate surface area is 119 Å². The predicted molar refractivity (Wildman–Crippen MR) is 65.8 cm³/mol. The summed E-state index contributed by atoms with van der Waals surface area (Å²) in [7, 11) is 0. The van der Waals surface area contributed by atoms with Crippen LogP contribution in [-0.2, 0) is 6.18 Å². The maximum atomic E-state index is 13.0. The fraction of sp³-hybridized carbons (Fsp3) is 0.182. The summed E-state index contributed by atoms with van der Waals surface area (Å²) < 4.78 is 40.2. The van der Waals surface area contributed by atoms with Crippen LogP contribution in [0.5, 0.6) is 0 Å². The quantitative estimate of drug-likeness (QED) is 0.904. The summed E-state index contributed by atoms with van der Waals surface area (Å²) in [6.45, 7) is 1.34. The molecule has 0 unspecified atom stereocenters. The molecule has 2 rings (SSSR count). The van der Waals surface area contributed by atoms with E-state index in [1.165, 1.54) is 19.1 Å². The van der Waals surface area contributed by atoms with E-state index in [9.17, 15) is 18.0 Å². The maximum Gasteiger partial charge on any atom is 0.418 e. The number of hydrogen-bond acceptors (Lipinski definition) is 3. The largest absolute Gasteiger partial charge is 0.476 e. The number of halogens is 4. The molecule has 1 aromatic heterocycles. The van der Waals surface area contributed by atoms with Crippen molar-refractivity contribution in [2.45, 2.75) is 13.1 Å². The first-order valence-electron chi connectivity index (χ1n) is 5.24. The van der Waals surface area contributed by atoms with E-state index in [0.717, 1.165) is 10.7 Å². The van der Waals surface area contributed by atoms with Crippen LogP contribution in [0.15, 0.2) is 22.7 Å². The van der Waals surface area contributed by atoms with Gasteiger partial charge in [-0.1, -0.05) is 21.1 Å². The molecule has 0 radical (unpaired) electrons. The highest BCUT2D eigenvalue weighted by atomic mass is 79.9. The molecule has 2 aromatic rings. The lowest BCUT2D eigenvalue weighted by Crippen LogP contribution is -2.13. The smallest absolute Gasteiger partial charge is 0.418 e. The van der Waals surface area contributed by atoms with Crippen LogP contribution in [0.4, 0.5) is 13.2 Å². The lowest BCUT2D eigenvalue weighted by Gasteiger charge is -2.13. The third-order valence-corrected chi connectivity index (χ3v) is 3.08. The first-order chi connectivity index (χ1) is 9.21. The van der Waals surface area contributed by atoms with Crippen LogP contribution in [0.2, 0.25) is 0 Å². The molecule has 9 heteroatoms. The number of benzene rings is 1. The van der Waals surface area contributed by atoms with Crippen molar-refractivity contribution in [1.29, 1.82) is 0 Å². The van der Waals surface area contributed by atoms with E-state index in [4.69, 9.17) is 5.11 Å². The van der Waals surface area contributed by atoms with Gasteiger partial charge in [-0.05, 0) is 25.1 Å². The summed E-state index contributed by atoms with van der Waals surface area (Å²) in [5.74, 6) is -1.35. The van der Waals surface area contributed by atoms with E-state index in [-0.39, 0.29) is 21.5 Å². The summed E-state index contributed by atoms with van der Waals surface area (Å²) in [6, 6.07) is 3.50. The van der Waals surface area contributed by atoms with Crippen LogP contribution in [-0.4, -0.2) is 26.1 Å². The van der Waals surface area contributed by atoms with Crippen molar-refractivity contribution in [2.75, 3.05) is 0 Å². The summed E-state index contributed by atoms with van der Waals surface area (Å²) in [5, 5.41) is 15.7. The molecule has 1 aromatic carbocycles. The molecule has 1 N–H and O–H groups in total. The zero-order chi connectivity index (χ0) is 15.1.